The second kappa shape index (κ2) is 5.35. The quantitative estimate of drug-likeness (QED) is 0.761. The number of hydrogen-bond acceptors (Lipinski definition) is 5. The second-order valence-corrected chi connectivity index (χ2v) is 8.08. The Balaban J connectivity index is 1.83. The molecule has 8 heteroatoms. The van der Waals surface area contributed by atoms with Crippen molar-refractivity contribution in [2.24, 2.45) is 18.9 Å². The molecule has 2 fully saturated rings. The molecule has 3 heterocycles. The SMILES string of the molecule is CN(C)[C@@H]1COC[C@@H]2CN(S(=O)(=O)c3cn(C)cn3)C[C@@H]21. The van der Waals surface area contributed by atoms with Crippen molar-refractivity contribution in [3.8, 4) is 0 Å². The molecule has 0 radical (unpaired) electrons. The maximum absolute atomic E-state index is 12.7. The van der Waals surface area contributed by atoms with Crippen LogP contribution in [-0.4, -0.2) is 73.6 Å². The van der Waals surface area contributed by atoms with Crippen molar-refractivity contribution in [2.45, 2.75) is 11.1 Å². The summed E-state index contributed by atoms with van der Waals surface area (Å²) in [5.74, 6) is 0.594. The van der Waals surface area contributed by atoms with Crippen molar-refractivity contribution in [3.05, 3.63) is 12.5 Å². The topological polar surface area (TPSA) is 67.7 Å². The molecule has 0 N–H and O–H groups in total. The number of aryl methyl sites for hydroxylation is 1. The van der Waals surface area contributed by atoms with Gasteiger partial charge in [-0.3, -0.25) is 0 Å². The van der Waals surface area contributed by atoms with Gasteiger partial charge in [0.2, 0.25) is 0 Å². The molecule has 0 amide bonds. The van der Waals surface area contributed by atoms with E-state index in [1.54, 1.807) is 22.1 Å². The number of imidazole rings is 1. The van der Waals surface area contributed by atoms with Gasteiger partial charge in [-0.05, 0) is 20.0 Å². The van der Waals surface area contributed by atoms with Gasteiger partial charge < -0.3 is 14.2 Å². The van der Waals surface area contributed by atoms with Gasteiger partial charge in [-0.25, -0.2) is 13.4 Å². The van der Waals surface area contributed by atoms with Crippen LogP contribution in [0.1, 0.15) is 0 Å². The molecule has 0 saturated carbocycles. The van der Waals surface area contributed by atoms with Gasteiger partial charge in [-0.1, -0.05) is 0 Å². The van der Waals surface area contributed by atoms with Crippen molar-refractivity contribution in [1.82, 2.24) is 18.8 Å². The fraction of sp³-hybridized carbons (Fsp3) is 0.769. The van der Waals surface area contributed by atoms with Gasteiger partial charge in [0.15, 0.2) is 5.03 Å². The van der Waals surface area contributed by atoms with E-state index < -0.39 is 10.0 Å². The molecule has 0 spiro atoms. The third kappa shape index (κ3) is 2.61. The van der Waals surface area contributed by atoms with Crippen LogP contribution < -0.4 is 0 Å². The summed E-state index contributed by atoms with van der Waals surface area (Å²) in [4.78, 5) is 6.13. The maximum atomic E-state index is 12.7. The first-order valence-electron chi connectivity index (χ1n) is 7.12. The number of fused-ring (bicyclic) bond motifs is 1. The molecule has 0 unspecified atom stereocenters. The maximum Gasteiger partial charge on any atom is 0.262 e. The van der Waals surface area contributed by atoms with Crippen molar-refractivity contribution in [1.29, 1.82) is 0 Å². The largest absolute Gasteiger partial charge is 0.379 e. The lowest BCUT2D eigenvalue weighted by Gasteiger charge is -2.37. The minimum atomic E-state index is -3.50. The van der Waals surface area contributed by atoms with E-state index in [4.69, 9.17) is 4.74 Å². The molecule has 0 aliphatic carbocycles. The van der Waals surface area contributed by atoms with E-state index >= 15 is 0 Å². The lowest BCUT2D eigenvalue weighted by atomic mass is 9.87. The first-order chi connectivity index (χ1) is 9.89. The molecular formula is C13H22N4O3S. The summed E-state index contributed by atoms with van der Waals surface area (Å²) in [5, 5.41) is 0.131. The Hall–Kier alpha value is -0.960. The summed E-state index contributed by atoms with van der Waals surface area (Å²) < 4.78 is 34.2. The lowest BCUT2D eigenvalue weighted by Crippen LogP contribution is -2.47. The zero-order valence-electron chi connectivity index (χ0n) is 12.6. The Morgan fingerprint density at radius 3 is 2.71 bits per heavy atom. The standard InChI is InChI=1S/C13H22N4O3S/c1-15(2)12-8-20-7-10-4-17(5-11(10)12)21(18,19)13-6-16(3)9-14-13/h6,9-12H,4-5,7-8H2,1-3H3/t10-,11-,12+/m0/s1. The molecule has 7 nitrogen and oxygen atoms in total. The van der Waals surface area contributed by atoms with Crippen LogP contribution in [-0.2, 0) is 21.8 Å². The van der Waals surface area contributed by atoms with Gasteiger partial charge in [-0.2, -0.15) is 4.31 Å². The molecule has 21 heavy (non-hydrogen) atoms. The average Bonchev–Trinajstić information content (AvgIpc) is 3.04. The average molecular weight is 314 g/mol. The smallest absolute Gasteiger partial charge is 0.262 e. The van der Waals surface area contributed by atoms with Crippen LogP contribution in [0.15, 0.2) is 17.6 Å². The summed E-state index contributed by atoms with van der Waals surface area (Å²) in [7, 11) is 2.31. The number of aromatic nitrogens is 2. The number of sulfonamides is 1. The molecule has 3 rings (SSSR count). The molecule has 0 bridgehead atoms. The first kappa shape index (κ1) is 15.0. The van der Waals surface area contributed by atoms with Crippen molar-refractivity contribution < 1.29 is 13.2 Å². The minimum absolute atomic E-state index is 0.131. The molecular weight excluding hydrogens is 292 g/mol. The molecule has 118 valence electrons. The number of rotatable bonds is 3. The highest BCUT2D eigenvalue weighted by atomic mass is 32.2. The number of ether oxygens (including phenoxy) is 1. The second-order valence-electron chi connectivity index (χ2n) is 6.19. The van der Waals surface area contributed by atoms with Gasteiger partial charge in [0.25, 0.3) is 10.0 Å². The number of nitrogens with zero attached hydrogens (tertiary/aromatic N) is 4. The van der Waals surface area contributed by atoms with E-state index in [2.05, 4.69) is 9.88 Å². The third-order valence-electron chi connectivity index (χ3n) is 4.52. The van der Waals surface area contributed by atoms with Crippen molar-refractivity contribution >= 4 is 10.0 Å². The van der Waals surface area contributed by atoms with Crippen LogP contribution in [0.3, 0.4) is 0 Å². The molecule has 1 aromatic rings. The van der Waals surface area contributed by atoms with E-state index in [-0.39, 0.29) is 17.0 Å². The van der Waals surface area contributed by atoms with E-state index in [9.17, 15) is 8.42 Å². The molecule has 1 aromatic heterocycles. The van der Waals surface area contributed by atoms with Crippen LogP contribution in [0.5, 0.6) is 0 Å². The fourth-order valence-corrected chi connectivity index (χ4v) is 4.81. The summed E-state index contributed by atoms with van der Waals surface area (Å²) in [6, 6.07) is 0.271. The molecule has 3 atom stereocenters. The van der Waals surface area contributed by atoms with E-state index in [1.807, 2.05) is 14.1 Å². The molecule has 2 saturated heterocycles. The predicted molar refractivity (Wildman–Crippen MR) is 77.2 cm³/mol. The van der Waals surface area contributed by atoms with E-state index in [0.717, 1.165) is 0 Å². The zero-order chi connectivity index (χ0) is 15.2. The number of likely N-dealkylation sites (N-methyl/N-ethyl adjacent to an activating group) is 1. The van der Waals surface area contributed by atoms with Crippen LogP contribution in [0.4, 0.5) is 0 Å². The Morgan fingerprint density at radius 2 is 2.10 bits per heavy atom. The zero-order valence-corrected chi connectivity index (χ0v) is 13.5. The van der Waals surface area contributed by atoms with Gasteiger partial charge in [-0.15, -0.1) is 0 Å². The highest BCUT2D eigenvalue weighted by Crippen LogP contribution is 2.34. The molecule has 2 aliphatic rings. The predicted octanol–water partition coefficient (Wildman–Crippen LogP) is -0.383. The molecule has 2 aliphatic heterocycles. The van der Waals surface area contributed by atoms with Crippen LogP contribution in [0, 0.1) is 11.8 Å². The Labute approximate surface area is 125 Å². The van der Waals surface area contributed by atoms with Crippen LogP contribution in [0.2, 0.25) is 0 Å². The summed E-state index contributed by atoms with van der Waals surface area (Å²) in [6.45, 7) is 2.39. The summed E-state index contributed by atoms with van der Waals surface area (Å²) >= 11 is 0. The summed E-state index contributed by atoms with van der Waals surface area (Å²) in [6.07, 6.45) is 3.07. The van der Waals surface area contributed by atoms with Crippen molar-refractivity contribution in [2.75, 3.05) is 40.4 Å². The van der Waals surface area contributed by atoms with Gasteiger partial charge in [0.1, 0.15) is 0 Å². The first-order valence-corrected chi connectivity index (χ1v) is 8.56. The van der Waals surface area contributed by atoms with Gasteiger partial charge in [0, 0.05) is 38.3 Å². The monoisotopic (exact) mass is 314 g/mol. The third-order valence-corrected chi connectivity index (χ3v) is 6.24. The Kier molecular flexibility index (Phi) is 3.81. The minimum Gasteiger partial charge on any atom is -0.379 e. The van der Waals surface area contributed by atoms with Gasteiger partial charge in [0.05, 0.1) is 19.5 Å². The molecule has 0 aromatic carbocycles. The van der Waals surface area contributed by atoms with Crippen LogP contribution in [0.25, 0.3) is 0 Å². The lowest BCUT2D eigenvalue weighted by molar-refractivity contribution is -0.0229. The van der Waals surface area contributed by atoms with E-state index in [1.165, 1.54) is 6.33 Å². The highest BCUT2D eigenvalue weighted by molar-refractivity contribution is 7.89. The van der Waals surface area contributed by atoms with Crippen molar-refractivity contribution in [3.63, 3.8) is 0 Å². The summed E-state index contributed by atoms with van der Waals surface area (Å²) in [5.41, 5.74) is 0. The van der Waals surface area contributed by atoms with Crippen LogP contribution >= 0.6 is 0 Å². The Bertz CT molecular complexity index is 613. The number of hydrogen-bond donors (Lipinski definition) is 0. The fourth-order valence-electron chi connectivity index (χ4n) is 3.31. The normalized spacial score (nSPS) is 30.8. The Morgan fingerprint density at radius 1 is 1.33 bits per heavy atom. The van der Waals surface area contributed by atoms with Gasteiger partial charge >= 0.3 is 0 Å². The van der Waals surface area contributed by atoms with E-state index in [0.29, 0.717) is 32.2 Å². The highest BCUT2D eigenvalue weighted by Gasteiger charge is 2.46.